The molecule has 1 heterocycles. The fraction of sp³-hybridized carbons (Fsp3) is 0.417. The van der Waals surface area contributed by atoms with Crippen molar-refractivity contribution in [2.24, 2.45) is 0 Å². The molecule has 0 radical (unpaired) electrons. The van der Waals surface area contributed by atoms with E-state index in [0.29, 0.717) is 16.6 Å². The molecule has 1 aromatic carbocycles. The zero-order chi connectivity index (χ0) is 11.4. The third-order valence-corrected chi connectivity index (χ3v) is 3.04. The summed E-state index contributed by atoms with van der Waals surface area (Å²) < 4.78 is 5.27. The summed E-state index contributed by atoms with van der Waals surface area (Å²) in [6, 6.07) is 7.87. The molecule has 1 saturated heterocycles. The maximum atomic E-state index is 8.71. The highest BCUT2D eigenvalue weighted by molar-refractivity contribution is 6.31. The van der Waals surface area contributed by atoms with Crippen molar-refractivity contribution in [1.29, 1.82) is 5.26 Å². The van der Waals surface area contributed by atoms with Crippen LogP contribution in [-0.4, -0.2) is 19.3 Å². The second-order valence-electron chi connectivity index (χ2n) is 3.86. The number of hydrogen-bond donors (Lipinski definition) is 1. The number of nitriles is 1. The largest absolute Gasteiger partial charge is 0.380 e. The molecule has 4 heteroatoms. The van der Waals surface area contributed by atoms with E-state index in [9.17, 15) is 0 Å². The fourth-order valence-corrected chi connectivity index (χ4v) is 1.96. The molecule has 0 aromatic heterocycles. The Kier molecular flexibility index (Phi) is 3.79. The van der Waals surface area contributed by atoms with E-state index in [2.05, 4.69) is 11.4 Å². The number of nitrogens with zero attached hydrogens (tertiary/aromatic N) is 1. The lowest BCUT2D eigenvalue weighted by Crippen LogP contribution is -2.28. The lowest BCUT2D eigenvalue weighted by Gasteiger charge is -2.11. The molecule has 1 aliphatic rings. The second kappa shape index (κ2) is 5.31. The van der Waals surface area contributed by atoms with Gasteiger partial charge >= 0.3 is 0 Å². The monoisotopic (exact) mass is 236 g/mol. The molecule has 0 bridgehead atoms. The molecule has 3 nitrogen and oxygen atoms in total. The molecule has 0 amide bonds. The minimum Gasteiger partial charge on any atom is -0.380 e. The van der Waals surface area contributed by atoms with Crippen molar-refractivity contribution in [3.05, 3.63) is 34.3 Å². The number of halogens is 1. The van der Waals surface area contributed by atoms with Crippen molar-refractivity contribution >= 4 is 11.6 Å². The van der Waals surface area contributed by atoms with Crippen LogP contribution in [0.2, 0.25) is 5.02 Å². The maximum Gasteiger partial charge on any atom is 0.0992 e. The molecule has 1 fully saturated rings. The Morgan fingerprint density at radius 3 is 3.06 bits per heavy atom. The number of nitrogens with one attached hydrogen (secondary N) is 1. The topological polar surface area (TPSA) is 45.0 Å². The predicted octanol–water partition coefficient (Wildman–Crippen LogP) is 2.09. The van der Waals surface area contributed by atoms with Crippen molar-refractivity contribution in [2.45, 2.75) is 19.0 Å². The van der Waals surface area contributed by atoms with E-state index >= 15 is 0 Å². The number of hydrogen-bond acceptors (Lipinski definition) is 3. The van der Waals surface area contributed by atoms with Gasteiger partial charge in [-0.2, -0.15) is 5.26 Å². The summed E-state index contributed by atoms with van der Waals surface area (Å²) in [5.41, 5.74) is 1.62. The summed E-state index contributed by atoms with van der Waals surface area (Å²) in [5, 5.41) is 12.7. The van der Waals surface area contributed by atoms with Crippen molar-refractivity contribution < 1.29 is 4.74 Å². The normalized spacial score (nSPS) is 19.6. The van der Waals surface area contributed by atoms with Gasteiger partial charge in [0.25, 0.3) is 0 Å². The van der Waals surface area contributed by atoms with Gasteiger partial charge in [-0.15, -0.1) is 0 Å². The van der Waals surface area contributed by atoms with Crippen LogP contribution in [0.3, 0.4) is 0 Å². The molecule has 1 N–H and O–H groups in total. The van der Waals surface area contributed by atoms with E-state index in [0.717, 1.165) is 31.7 Å². The van der Waals surface area contributed by atoms with Gasteiger partial charge in [0, 0.05) is 24.2 Å². The van der Waals surface area contributed by atoms with Crippen molar-refractivity contribution in [3.63, 3.8) is 0 Å². The number of rotatable bonds is 3. The molecule has 1 aromatic rings. The van der Waals surface area contributed by atoms with Crippen molar-refractivity contribution in [3.8, 4) is 6.07 Å². The number of benzene rings is 1. The van der Waals surface area contributed by atoms with Crippen LogP contribution < -0.4 is 5.32 Å². The lowest BCUT2D eigenvalue weighted by atomic mass is 10.1. The lowest BCUT2D eigenvalue weighted by molar-refractivity contribution is 0.190. The van der Waals surface area contributed by atoms with Crippen molar-refractivity contribution in [2.75, 3.05) is 13.2 Å². The first-order chi connectivity index (χ1) is 7.79. The first-order valence-corrected chi connectivity index (χ1v) is 5.67. The van der Waals surface area contributed by atoms with Gasteiger partial charge in [-0.3, -0.25) is 0 Å². The summed E-state index contributed by atoms with van der Waals surface area (Å²) in [6.45, 7) is 2.32. The minimum absolute atomic E-state index is 0.423. The van der Waals surface area contributed by atoms with Crippen LogP contribution in [0.15, 0.2) is 18.2 Å². The summed E-state index contributed by atoms with van der Waals surface area (Å²) >= 11 is 6.07. The molecule has 0 saturated carbocycles. The second-order valence-corrected chi connectivity index (χ2v) is 4.27. The zero-order valence-corrected chi connectivity index (χ0v) is 9.63. The van der Waals surface area contributed by atoms with Gasteiger partial charge < -0.3 is 10.1 Å². The maximum absolute atomic E-state index is 8.71. The summed E-state index contributed by atoms with van der Waals surface area (Å²) in [7, 11) is 0. The van der Waals surface area contributed by atoms with E-state index < -0.39 is 0 Å². The van der Waals surface area contributed by atoms with E-state index in [1.165, 1.54) is 0 Å². The highest BCUT2D eigenvalue weighted by Crippen LogP contribution is 2.18. The summed E-state index contributed by atoms with van der Waals surface area (Å²) in [5.74, 6) is 0. The molecule has 1 aliphatic heterocycles. The van der Waals surface area contributed by atoms with Crippen LogP contribution >= 0.6 is 11.6 Å². The molecular weight excluding hydrogens is 224 g/mol. The van der Waals surface area contributed by atoms with Crippen LogP contribution in [-0.2, 0) is 11.3 Å². The molecular formula is C12H13ClN2O. The van der Waals surface area contributed by atoms with Crippen LogP contribution in [0.25, 0.3) is 0 Å². The highest BCUT2D eigenvalue weighted by Gasteiger charge is 2.14. The molecule has 0 aliphatic carbocycles. The van der Waals surface area contributed by atoms with Gasteiger partial charge in [0.05, 0.1) is 18.2 Å². The predicted molar refractivity (Wildman–Crippen MR) is 62.2 cm³/mol. The SMILES string of the molecule is N#Cc1ccc(CNC2CCOC2)c(Cl)c1. The van der Waals surface area contributed by atoms with Crippen LogP contribution in [0, 0.1) is 11.3 Å². The highest BCUT2D eigenvalue weighted by atomic mass is 35.5. The van der Waals surface area contributed by atoms with E-state index in [4.69, 9.17) is 21.6 Å². The molecule has 2 rings (SSSR count). The van der Waals surface area contributed by atoms with Gasteiger partial charge in [-0.05, 0) is 24.1 Å². The van der Waals surface area contributed by atoms with E-state index in [1.54, 1.807) is 12.1 Å². The molecule has 1 atom stereocenters. The van der Waals surface area contributed by atoms with Gasteiger partial charge in [0.15, 0.2) is 0 Å². The molecule has 0 spiro atoms. The Bertz CT molecular complexity index is 408. The van der Waals surface area contributed by atoms with Crippen molar-refractivity contribution in [1.82, 2.24) is 5.32 Å². The van der Waals surface area contributed by atoms with E-state index in [-0.39, 0.29) is 0 Å². The first-order valence-electron chi connectivity index (χ1n) is 5.29. The zero-order valence-electron chi connectivity index (χ0n) is 8.87. The fourth-order valence-electron chi connectivity index (χ4n) is 1.71. The van der Waals surface area contributed by atoms with Gasteiger partial charge in [0.1, 0.15) is 0 Å². The Balaban J connectivity index is 1.96. The van der Waals surface area contributed by atoms with Gasteiger partial charge in [-0.25, -0.2) is 0 Å². The molecule has 1 unspecified atom stereocenters. The standard InChI is InChI=1S/C12H13ClN2O/c13-12-5-9(6-14)1-2-10(12)7-15-11-3-4-16-8-11/h1-2,5,11,15H,3-4,7-8H2. The van der Waals surface area contributed by atoms with Crippen LogP contribution in [0.5, 0.6) is 0 Å². The van der Waals surface area contributed by atoms with E-state index in [1.807, 2.05) is 6.07 Å². The Labute approximate surface area is 100.0 Å². The first kappa shape index (κ1) is 11.4. The Hall–Kier alpha value is -1.08. The molecule has 84 valence electrons. The Morgan fingerprint density at radius 2 is 2.44 bits per heavy atom. The smallest absolute Gasteiger partial charge is 0.0992 e. The quantitative estimate of drug-likeness (QED) is 0.874. The Morgan fingerprint density at radius 1 is 1.56 bits per heavy atom. The van der Waals surface area contributed by atoms with Gasteiger partial charge in [-0.1, -0.05) is 17.7 Å². The van der Waals surface area contributed by atoms with Crippen LogP contribution in [0.4, 0.5) is 0 Å². The minimum atomic E-state index is 0.423. The number of ether oxygens (including phenoxy) is 1. The van der Waals surface area contributed by atoms with Gasteiger partial charge in [0.2, 0.25) is 0 Å². The van der Waals surface area contributed by atoms with Crippen LogP contribution in [0.1, 0.15) is 17.5 Å². The molecule has 16 heavy (non-hydrogen) atoms. The average Bonchev–Trinajstić information content (AvgIpc) is 2.80. The average molecular weight is 237 g/mol. The third kappa shape index (κ3) is 2.73. The summed E-state index contributed by atoms with van der Waals surface area (Å²) in [4.78, 5) is 0. The third-order valence-electron chi connectivity index (χ3n) is 2.69. The summed E-state index contributed by atoms with van der Waals surface area (Å²) in [6.07, 6.45) is 1.05.